The lowest BCUT2D eigenvalue weighted by Crippen LogP contribution is -2.02. The van der Waals surface area contributed by atoms with Crippen LogP contribution in [0.15, 0.2) is 23.6 Å². The van der Waals surface area contributed by atoms with Crippen molar-refractivity contribution in [3.63, 3.8) is 0 Å². The van der Waals surface area contributed by atoms with E-state index in [9.17, 15) is 8.42 Å². The molecule has 5 nitrogen and oxygen atoms in total. The van der Waals surface area contributed by atoms with Gasteiger partial charge >= 0.3 is 0 Å². The molecular weight excluding hydrogens is 290 g/mol. The van der Waals surface area contributed by atoms with Crippen molar-refractivity contribution in [1.29, 1.82) is 0 Å². The molecule has 1 aromatic carbocycles. The Bertz CT molecular complexity index is 555. The highest BCUT2D eigenvalue weighted by Gasteiger charge is 2.08. The minimum atomic E-state index is -3.27. The summed E-state index contributed by atoms with van der Waals surface area (Å²) in [4.78, 5) is 0. The Kier molecular flexibility index (Phi) is 6.72. The quantitative estimate of drug-likeness (QED) is 0.897. The van der Waals surface area contributed by atoms with E-state index in [0.717, 1.165) is 11.7 Å². The SMILES string of the molecule is CCOc1cc(C(N)=CS(C)(=O)=O)ccc1OC.Cl. The van der Waals surface area contributed by atoms with Crippen LogP contribution in [0.2, 0.25) is 0 Å². The first-order valence-electron chi connectivity index (χ1n) is 5.35. The molecule has 2 N–H and O–H groups in total. The molecule has 0 amide bonds. The summed E-state index contributed by atoms with van der Waals surface area (Å²) in [7, 11) is -1.74. The Morgan fingerprint density at radius 2 is 2.00 bits per heavy atom. The number of nitrogens with two attached hydrogens (primary N) is 1. The Morgan fingerprint density at radius 1 is 1.37 bits per heavy atom. The van der Waals surface area contributed by atoms with Crippen molar-refractivity contribution >= 4 is 27.9 Å². The topological polar surface area (TPSA) is 78.6 Å². The van der Waals surface area contributed by atoms with E-state index in [0.29, 0.717) is 23.7 Å². The second-order valence-electron chi connectivity index (χ2n) is 3.70. The predicted octanol–water partition coefficient (Wildman–Crippen LogP) is 1.82. The Balaban J connectivity index is 0.00000324. The number of ether oxygens (including phenoxy) is 2. The molecule has 0 radical (unpaired) electrons. The highest BCUT2D eigenvalue weighted by molar-refractivity contribution is 7.93. The van der Waals surface area contributed by atoms with Gasteiger partial charge in [0, 0.05) is 11.8 Å². The fourth-order valence-electron chi connectivity index (χ4n) is 1.42. The predicted molar refractivity (Wildman–Crippen MR) is 78.4 cm³/mol. The highest BCUT2D eigenvalue weighted by Crippen LogP contribution is 2.29. The van der Waals surface area contributed by atoms with Crippen LogP contribution < -0.4 is 15.2 Å². The Labute approximate surface area is 119 Å². The summed E-state index contributed by atoms with van der Waals surface area (Å²) in [6.07, 6.45) is 1.09. The number of hydrogen-bond donors (Lipinski definition) is 1. The molecule has 0 aliphatic heterocycles. The van der Waals surface area contributed by atoms with Crippen molar-refractivity contribution in [2.75, 3.05) is 20.0 Å². The van der Waals surface area contributed by atoms with Crippen molar-refractivity contribution in [2.24, 2.45) is 5.73 Å². The van der Waals surface area contributed by atoms with Gasteiger partial charge in [-0.15, -0.1) is 12.4 Å². The van der Waals surface area contributed by atoms with Crippen LogP contribution in [0.3, 0.4) is 0 Å². The van der Waals surface area contributed by atoms with Crippen LogP contribution in [-0.2, 0) is 9.84 Å². The van der Waals surface area contributed by atoms with E-state index in [1.54, 1.807) is 18.2 Å². The number of methoxy groups -OCH3 is 1. The summed E-state index contributed by atoms with van der Waals surface area (Å²) in [5.41, 5.74) is 6.46. The van der Waals surface area contributed by atoms with Crippen molar-refractivity contribution in [3.8, 4) is 11.5 Å². The highest BCUT2D eigenvalue weighted by atomic mass is 35.5. The molecule has 1 rings (SSSR count). The maximum atomic E-state index is 11.1. The molecule has 0 fully saturated rings. The normalized spacial score (nSPS) is 11.6. The van der Waals surface area contributed by atoms with Gasteiger partial charge in [0.2, 0.25) is 0 Å². The number of benzene rings is 1. The fourth-order valence-corrected chi connectivity index (χ4v) is 2.02. The van der Waals surface area contributed by atoms with Gasteiger partial charge < -0.3 is 15.2 Å². The molecule has 0 saturated carbocycles. The van der Waals surface area contributed by atoms with E-state index in [2.05, 4.69) is 0 Å². The lowest BCUT2D eigenvalue weighted by atomic mass is 10.1. The zero-order valence-corrected chi connectivity index (χ0v) is 12.7. The van der Waals surface area contributed by atoms with Crippen LogP contribution in [0, 0.1) is 0 Å². The van der Waals surface area contributed by atoms with E-state index in [1.165, 1.54) is 7.11 Å². The van der Waals surface area contributed by atoms with Crippen LogP contribution in [0.4, 0.5) is 0 Å². The Morgan fingerprint density at radius 3 is 2.47 bits per heavy atom. The molecule has 0 bridgehead atoms. The van der Waals surface area contributed by atoms with Crippen molar-refractivity contribution in [1.82, 2.24) is 0 Å². The third-order valence-corrected chi connectivity index (χ3v) is 2.82. The third kappa shape index (κ3) is 5.40. The lowest BCUT2D eigenvalue weighted by Gasteiger charge is -2.11. The second-order valence-corrected chi connectivity index (χ2v) is 5.60. The lowest BCUT2D eigenvalue weighted by molar-refractivity contribution is 0.311. The first-order valence-corrected chi connectivity index (χ1v) is 7.31. The van der Waals surface area contributed by atoms with Gasteiger partial charge in [0.25, 0.3) is 0 Å². The monoisotopic (exact) mass is 307 g/mol. The molecule has 108 valence electrons. The molecule has 0 aromatic heterocycles. The molecule has 0 heterocycles. The van der Waals surface area contributed by atoms with Crippen LogP contribution >= 0.6 is 12.4 Å². The van der Waals surface area contributed by atoms with E-state index in [-0.39, 0.29) is 18.1 Å². The molecule has 0 aliphatic carbocycles. The maximum absolute atomic E-state index is 11.1. The minimum Gasteiger partial charge on any atom is -0.493 e. The number of hydrogen-bond acceptors (Lipinski definition) is 5. The van der Waals surface area contributed by atoms with Crippen LogP contribution in [0.1, 0.15) is 12.5 Å². The molecule has 0 saturated heterocycles. The summed E-state index contributed by atoms with van der Waals surface area (Å²) in [5, 5.41) is 1.02. The van der Waals surface area contributed by atoms with Crippen LogP contribution in [-0.4, -0.2) is 28.4 Å². The average molecular weight is 308 g/mol. The van der Waals surface area contributed by atoms with Gasteiger partial charge in [0.1, 0.15) is 0 Å². The summed E-state index contributed by atoms with van der Waals surface area (Å²) in [5.74, 6) is 1.11. The molecule has 0 atom stereocenters. The van der Waals surface area contributed by atoms with Crippen molar-refractivity contribution < 1.29 is 17.9 Å². The van der Waals surface area contributed by atoms with E-state index in [4.69, 9.17) is 15.2 Å². The standard InChI is InChI=1S/C12H17NO4S.ClH/c1-4-17-12-7-9(5-6-11(12)16-2)10(13)8-18(3,14)15;/h5-8H,4,13H2,1-3H3;1H. The van der Waals surface area contributed by atoms with Gasteiger partial charge in [-0.1, -0.05) is 0 Å². The first-order chi connectivity index (χ1) is 8.37. The van der Waals surface area contributed by atoms with Gasteiger partial charge in [0.15, 0.2) is 21.3 Å². The molecule has 0 unspecified atom stereocenters. The zero-order chi connectivity index (χ0) is 13.8. The number of rotatable bonds is 5. The molecule has 7 heteroatoms. The van der Waals surface area contributed by atoms with Gasteiger partial charge in [-0.05, 0) is 25.1 Å². The summed E-state index contributed by atoms with van der Waals surface area (Å²) < 4.78 is 32.8. The van der Waals surface area contributed by atoms with Crippen molar-refractivity contribution in [2.45, 2.75) is 6.92 Å². The fraction of sp³-hybridized carbons (Fsp3) is 0.333. The van der Waals surface area contributed by atoms with Crippen molar-refractivity contribution in [3.05, 3.63) is 29.2 Å². The molecule has 0 spiro atoms. The number of halogens is 1. The summed E-state index contributed by atoms with van der Waals surface area (Å²) in [6.45, 7) is 2.33. The average Bonchev–Trinajstić information content (AvgIpc) is 2.27. The van der Waals surface area contributed by atoms with Gasteiger partial charge in [-0.3, -0.25) is 0 Å². The number of sulfone groups is 1. The molecule has 1 aromatic rings. The smallest absolute Gasteiger partial charge is 0.170 e. The van der Waals surface area contributed by atoms with Gasteiger partial charge in [-0.25, -0.2) is 8.42 Å². The zero-order valence-electron chi connectivity index (χ0n) is 11.0. The van der Waals surface area contributed by atoms with Crippen LogP contribution in [0.25, 0.3) is 5.70 Å². The second kappa shape index (κ2) is 7.25. The van der Waals surface area contributed by atoms with Gasteiger partial charge in [-0.2, -0.15) is 0 Å². The largest absolute Gasteiger partial charge is 0.493 e. The molecule has 0 aliphatic rings. The third-order valence-electron chi connectivity index (χ3n) is 2.14. The minimum absolute atomic E-state index is 0. The first kappa shape index (κ1) is 17.6. The van der Waals surface area contributed by atoms with Gasteiger partial charge in [0.05, 0.1) is 24.8 Å². The molecule has 19 heavy (non-hydrogen) atoms. The maximum Gasteiger partial charge on any atom is 0.170 e. The summed E-state index contributed by atoms with van der Waals surface area (Å²) in [6, 6.07) is 5.01. The Hall–Kier alpha value is -1.40. The molecular formula is C12H18ClNO4S. The summed E-state index contributed by atoms with van der Waals surface area (Å²) >= 11 is 0. The van der Waals surface area contributed by atoms with Crippen LogP contribution in [0.5, 0.6) is 11.5 Å². The van der Waals surface area contributed by atoms with E-state index in [1.807, 2.05) is 6.92 Å². The van der Waals surface area contributed by atoms with E-state index < -0.39 is 9.84 Å². The van der Waals surface area contributed by atoms with E-state index >= 15 is 0 Å².